The topological polar surface area (TPSA) is 62.0 Å². The molecule has 0 saturated carbocycles. The molecule has 1 aromatic rings. The zero-order chi connectivity index (χ0) is 21.5. The molecule has 1 amide bonds. The molecule has 1 aromatic carbocycles. The summed E-state index contributed by atoms with van der Waals surface area (Å²) in [6.45, 7) is 9.79. The highest BCUT2D eigenvalue weighted by atomic mass is 19.1. The van der Waals surface area contributed by atoms with Gasteiger partial charge in [-0.05, 0) is 40.3 Å². The van der Waals surface area contributed by atoms with Crippen molar-refractivity contribution in [3.8, 4) is 0 Å². The van der Waals surface area contributed by atoms with Gasteiger partial charge in [0.15, 0.2) is 5.82 Å². The summed E-state index contributed by atoms with van der Waals surface area (Å²) >= 11 is 0. The summed E-state index contributed by atoms with van der Waals surface area (Å²) in [6, 6.07) is 1.57. The van der Waals surface area contributed by atoms with Gasteiger partial charge in [-0.25, -0.2) is 13.6 Å². The van der Waals surface area contributed by atoms with E-state index in [1.165, 1.54) is 11.0 Å². The minimum Gasteiger partial charge on any atom is -0.444 e. The van der Waals surface area contributed by atoms with Gasteiger partial charge in [0.2, 0.25) is 0 Å². The van der Waals surface area contributed by atoms with E-state index in [1.807, 2.05) is 11.9 Å². The summed E-state index contributed by atoms with van der Waals surface area (Å²) in [5.74, 6) is -1.44. The highest BCUT2D eigenvalue weighted by Gasteiger charge is 2.31. The number of halogens is 2. The molecule has 0 aliphatic carbocycles. The summed E-state index contributed by atoms with van der Waals surface area (Å²) in [5.41, 5.74) is 5.99. The molecule has 2 heterocycles. The van der Waals surface area contributed by atoms with E-state index in [-0.39, 0.29) is 30.4 Å². The Morgan fingerprint density at radius 1 is 1.28 bits per heavy atom. The number of benzene rings is 1. The van der Waals surface area contributed by atoms with Crippen LogP contribution in [-0.4, -0.2) is 67.3 Å². The lowest BCUT2D eigenvalue weighted by molar-refractivity contribution is 0.0306. The standard InChI is InChI=1S/C21H30F2N4O2/c1-13-11-26(9-8-25(13)5)16-10-15(22)17(18(23)19(16)24)14-6-7-27(12-14)20(28)29-21(2,3)4/h6,10,13H,7-9,11-12,24H2,1-5H3/t13-/m0/s1. The molecule has 1 saturated heterocycles. The normalized spacial score (nSPS) is 20.8. The minimum absolute atomic E-state index is 0.0604. The molecule has 1 fully saturated rings. The summed E-state index contributed by atoms with van der Waals surface area (Å²) in [4.78, 5) is 17.8. The zero-order valence-corrected chi connectivity index (χ0v) is 17.8. The van der Waals surface area contributed by atoms with E-state index < -0.39 is 23.3 Å². The molecule has 0 radical (unpaired) electrons. The van der Waals surface area contributed by atoms with Crippen LogP contribution >= 0.6 is 0 Å². The van der Waals surface area contributed by atoms with Crippen LogP contribution in [0.1, 0.15) is 33.3 Å². The fourth-order valence-corrected chi connectivity index (χ4v) is 3.65. The van der Waals surface area contributed by atoms with Gasteiger partial charge in [-0.2, -0.15) is 0 Å². The molecule has 2 aliphatic rings. The summed E-state index contributed by atoms with van der Waals surface area (Å²) in [6.07, 6.45) is 1.13. The van der Waals surface area contributed by atoms with Crippen molar-refractivity contribution in [2.75, 3.05) is 50.4 Å². The minimum atomic E-state index is -0.774. The molecule has 2 aliphatic heterocycles. The number of rotatable bonds is 2. The molecule has 29 heavy (non-hydrogen) atoms. The number of nitrogens with zero attached hydrogens (tertiary/aromatic N) is 3. The molecule has 160 valence electrons. The van der Waals surface area contributed by atoms with Gasteiger partial charge in [-0.15, -0.1) is 0 Å². The number of likely N-dealkylation sites (N-methyl/N-ethyl adjacent to an activating group) is 1. The van der Waals surface area contributed by atoms with Gasteiger partial charge < -0.3 is 25.2 Å². The largest absolute Gasteiger partial charge is 0.444 e. The van der Waals surface area contributed by atoms with E-state index in [9.17, 15) is 9.18 Å². The first-order chi connectivity index (χ1) is 13.5. The third-order valence-corrected chi connectivity index (χ3v) is 5.43. The van der Waals surface area contributed by atoms with Crippen molar-refractivity contribution >= 4 is 23.0 Å². The number of nitrogen functional groups attached to an aromatic ring is 1. The van der Waals surface area contributed by atoms with E-state index in [2.05, 4.69) is 11.8 Å². The van der Waals surface area contributed by atoms with Crippen molar-refractivity contribution in [1.82, 2.24) is 9.80 Å². The predicted octanol–water partition coefficient (Wildman–Crippen LogP) is 3.32. The van der Waals surface area contributed by atoms with Crippen molar-refractivity contribution < 1.29 is 18.3 Å². The Balaban J connectivity index is 1.81. The Morgan fingerprint density at radius 3 is 2.59 bits per heavy atom. The van der Waals surface area contributed by atoms with Gasteiger partial charge in [0.25, 0.3) is 0 Å². The van der Waals surface area contributed by atoms with Crippen LogP contribution in [0.5, 0.6) is 0 Å². The number of nitrogens with two attached hydrogens (primary N) is 1. The lowest BCUT2D eigenvalue weighted by atomic mass is 10.0. The second-order valence-electron chi connectivity index (χ2n) is 8.85. The van der Waals surface area contributed by atoms with Gasteiger partial charge in [-0.1, -0.05) is 6.08 Å². The second kappa shape index (κ2) is 7.82. The van der Waals surface area contributed by atoms with Crippen molar-refractivity contribution in [2.45, 2.75) is 39.3 Å². The number of hydrogen-bond acceptors (Lipinski definition) is 5. The Bertz CT molecular complexity index is 835. The number of amides is 1. The first-order valence-electron chi connectivity index (χ1n) is 9.88. The summed E-state index contributed by atoms with van der Waals surface area (Å²) in [7, 11) is 2.03. The molecule has 8 heteroatoms. The Morgan fingerprint density at radius 2 is 1.97 bits per heavy atom. The third kappa shape index (κ3) is 4.47. The maximum atomic E-state index is 15.1. The highest BCUT2D eigenvalue weighted by Crippen LogP contribution is 2.36. The van der Waals surface area contributed by atoms with Gasteiger partial charge in [0, 0.05) is 44.8 Å². The third-order valence-electron chi connectivity index (χ3n) is 5.43. The van der Waals surface area contributed by atoms with Crippen LogP contribution in [0.2, 0.25) is 0 Å². The van der Waals surface area contributed by atoms with Crippen molar-refractivity contribution in [3.63, 3.8) is 0 Å². The maximum absolute atomic E-state index is 15.1. The van der Waals surface area contributed by atoms with Gasteiger partial charge in [-0.3, -0.25) is 0 Å². The number of ether oxygens (including phenoxy) is 1. The van der Waals surface area contributed by atoms with Crippen LogP contribution < -0.4 is 10.6 Å². The molecule has 1 atom stereocenters. The van der Waals surface area contributed by atoms with Crippen LogP contribution in [0, 0.1) is 11.6 Å². The number of carbonyl (C=O) groups excluding carboxylic acids is 1. The molecule has 0 aromatic heterocycles. The summed E-state index contributed by atoms with van der Waals surface area (Å²) < 4.78 is 35.4. The van der Waals surface area contributed by atoms with E-state index in [0.717, 1.165) is 6.54 Å². The lowest BCUT2D eigenvalue weighted by Gasteiger charge is -2.39. The first kappa shape index (κ1) is 21.4. The van der Waals surface area contributed by atoms with Crippen molar-refractivity contribution in [1.29, 1.82) is 0 Å². The average molecular weight is 408 g/mol. The van der Waals surface area contributed by atoms with Crippen molar-refractivity contribution in [3.05, 3.63) is 29.3 Å². The zero-order valence-electron chi connectivity index (χ0n) is 17.8. The van der Waals surface area contributed by atoms with E-state index in [4.69, 9.17) is 10.5 Å². The van der Waals surface area contributed by atoms with E-state index in [0.29, 0.717) is 24.4 Å². The number of carbonyl (C=O) groups is 1. The fraction of sp³-hybridized carbons (Fsp3) is 0.571. The highest BCUT2D eigenvalue weighted by molar-refractivity contribution is 5.82. The van der Waals surface area contributed by atoms with Gasteiger partial charge in [0.1, 0.15) is 11.4 Å². The van der Waals surface area contributed by atoms with Gasteiger partial charge in [0.05, 0.1) is 16.9 Å². The Hall–Kier alpha value is -2.35. The maximum Gasteiger partial charge on any atom is 0.410 e. The molecule has 6 nitrogen and oxygen atoms in total. The number of anilines is 2. The molecule has 3 rings (SSSR count). The first-order valence-corrected chi connectivity index (χ1v) is 9.88. The monoisotopic (exact) mass is 408 g/mol. The van der Waals surface area contributed by atoms with Crippen LogP contribution in [0.3, 0.4) is 0 Å². The molecular weight excluding hydrogens is 378 g/mol. The van der Waals surface area contributed by atoms with E-state index >= 15 is 4.39 Å². The van der Waals surface area contributed by atoms with Crippen LogP contribution in [0.4, 0.5) is 25.0 Å². The number of piperazine rings is 1. The quantitative estimate of drug-likeness (QED) is 0.761. The second-order valence-corrected chi connectivity index (χ2v) is 8.85. The molecule has 2 N–H and O–H groups in total. The molecular formula is C21H30F2N4O2. The lowest BCUT2D eigenvalue weighted by Crippen LogP contribution is -2.50. The van der Waals surface area contributed by atoms with Crippen LogP contribution in [-0.2, 0) is 4.74 Å². The smallest absolute Gasteiger partial charge is 0.410 e. The van der Waals surface area contributed by atoms with Crippen molar-refractivity contribution in [2.24, 2.45) is 0 Å². The Labute approximate surface area is 170 Å². The summed E-state index contributed by atoms with van der Waals surface area (Å²) in [5, 5.41) is 0. The SMILES string of the molecule is C[C@H]1CN(c2cc(F)c(C3=CCN(C(=O)OC(C)(C)C)C3)c(F)c2N)CCN1C. The molecule has 0 bridgehead atoms. The number of hydrogen-bond donors (Lipinski definition) is 1. The van der Waals surface area contributed by atoms with E-state index in [1.54, 1.807) is 26.8 Å². The fourth-order valence-electron chi connectivity index (χ4n) is 3.65. The molecule has 0 unspecified atom stereocenters. The van der Waals surface area contributed by atoms with Crippen LogP contribution in [0.25, 0.3) is 5.57 Å². The average Bonchev–Trinajstić information content (AvgIpc) is 3.09. The van der Waals surface area contributed by atoms with Gasteiger partial charge >= 0.3 is 6.09 Å². The molecule has 0 spiro atoms. The van der Waals surface area contributed by atoms with Crippen LogP contribution in [0.15, 0.2) is 12.1 Å². The predicted molar refractivity (Wildman–Crippen MR) is 111 cm³/mol. The Kier molecular flexibility index (Phi) is 5.76.